The highest BCUT2D eigenvalue weighted by Crippen LogP contribution is 2.46. The SMILES string of the molecule is CC(=O)OCC1=C(C(=O)O)N2C(=O)[C@@](NC(=O)Cc3cccs3)(C(=O)O)[C@H]2SC1. The van der Waals surface area contributed by atoms with Crippen LogP contribution in [0.4, 0.5) is 0 Å². The van der Waals surface area contributed by atoms with Crippen LogP contribution in [-0.2, 0) is 35.1 Å². The largest absolute Gasteiger partial charge is 0.479 e. The molecular formula is C17H16N2O8S2. The molecule has 10 nitrogen and oxygen atoms in total. The van der Waals surface area contributed by atoms with Gasteiger partial charge in [-0.15, -0.1) is 23.1 Å². The third-order valence-electron chi connectivity index (χ3n) is 4.39. The van der Waals surface area contributed by atoms with Gasteiger partial charge in [0.1, 0.15) is 17.7 Å². The number of esters is 1. The van der Waals surface area contributed by atoms with Gasteiger partial charge in [0.05, 0.1) is 6.42 Å². The fraction of sp³-hybridized carbons (Fsp3) is 0.353. The van der Waals surface area contributed by atoms with Gasteiger partial charge in [-0.3, -0.25) is 19.3 Å². The maximum Gasteiger partial charge on any atom is 0.352 e. The number of carbonyl (C=O) groups is 5. The predicted octanol–water partition coefficient (Wildman–Crippen LogP) is 0.0471. The van der Waals surface area contributed by atoms with Crippen LogP contribution in [0.1, 0.15) is 11.8 Å². The molecule has 0 saturated carbocycles. The Labute approximate surface area is 172 Å². The van der Waals surface area contributed by atoms with Crippen molar-refractivity contribution >= 4 is 52.8 Å². The standard InChI is InChI=1S/C17H16N2O8S2/c1-8(20)27-6-9-7-29-15-17(16(25)26,14(24)19(15)12(9)13(22)23)18-11(21)5-10-3-2-4-28-10/h2-4,15H,5-7H2,1H3,(H,18,21)(H,22,23)(H,25,26)/t15-,17+/m1/s1. The fourth-order valence-corrected chi connectivity index (χ4v) is 5.26. The molecule has 1 aromatic heterocycles. The number of thioether (sulfide) groups is 1. The Morgan fingerprint density at radius 3 is 2.62 bits per heavy atom. The molecule has 12 heteroatoms. The highest BCUT2D eigenvalue weighted by Gasteiger charge is 2.70. The number of ether oxygens (including phenoxy) is 1. The van der Waals surface area contributed by atoms with Crippen LogP contribution in [0.25, 0.3) is 0 Å². The second-order valence-corrected chi connectivity index (χ2v) is 8.39. The Morgan fingerprint density at radius 2 is 2.07 bits per heavy atom. The molecule has 2 amide bonds. The van der Waals surface area contributed by atoms with Gasteiger partial charge in [0.25, 0.3) is 5.91 Å². The Kier molecular flexibility index (Phi) is 5.66. The molecule has 1 fully saturated rings. The first-order valence-corrected chi connectivity index (χ1v) is 10.2. The van der Waals surface area contributed by atoms with Crippen LogP contribution in [-0.4, -0.2) is 68.1 Å². The minimum absolute atomic E-state index is 0.0270. The van der Waals surface area contributed by atoms with Gasteiger partial charge in [0.2, 0.25) is 11.4 Å². The highest BCUT2D eigenvalue weighted by molar-refractivity contribution is 8.00. The van der Waals surface area contributed by atoms with Crippen molar-refractivity contribution in [1.82, 2.24) is 10.2 Å². The number of thiophene rings is 1. The molecule has 3 N–H and O–H groups in total. The summed E-state index contributed by atoms with van der Waals surface area (Å²) in [4.78, 5) is 61.4. The maximum atomic E-state index is 12.8. The molecule has 0 spiro atoms. The van der Waals surface area contributed by atoms with Crippen LogP contribution >= 0.6 is 23.1 Å². The summed E-state index contributed by atoms with van der Waals surface area (Å²) in [6.45, 7) is 0.832. The average Bonchev–Trinajstić information content (AvgIpc) is 3.15. The number of fused-ring (bicyclic) bond motifs is 1. The van der Waals surface area contributed by atoms with Crippen LogP contribution in [0.5, 0.6) is 0 Å². The molecule has 0 radical (unpaired) electrons. The Balaban J connectivity index is 1.87. The number of hydrogen-bond donors (Lipinski definition) is 3. The van der Waals surface area contributed by atoms with Gasteiger partial charge in [0.15, 0.2) is 0 Å². The van der Waals surface area contributed by atoms with E-state index in [0.717, 1.165) is 23.6 Å². The van der Waals surface area contributed by atoms with E-state index in [-0.39, 0.29) is 24.4 Å². The van der Waals surface area contributed by atoms with E-state index >= 15 is 0 Å². The Hall–Kier alpha value is -2.86. The number of nitrogens with zero attached hydrogens (tertiary/aromatic N) is 1. The molecule has 0 aliphatic carbocycles. The fourth-order valence-electron chi connectivity index (χ4n) is 3.12. The van der Waals surface area contributed by atoms with E-state index < -0.39 is 46.3 Å². The van der Waals surface area contributed by atoms with Crippen LogP contribution < -0.4 is 5.32 Å². The zero-order valence-electron chi connectivity index (χ0n) is 15.0. The zero-order valence-corrected chi connectivity index (χ0v) is 16.7. The van der Waals surface area contributed by atoms with Gasteiger partial charge in [-0.2, -0.15) is 0 Å². The molecule has 2 aliphatic rings. The molecule has 3 heterocycles. The number of β-lactam (4-membered cyclic amide) rings is 1. The number of amides is 2. The van der Waals surface area contributed by atoms with Crippen LogP contribution in [0, 0.1) is 0 Å². The quantitative estimate of drug-likeness (QED) is 0.303. The van der Waals surface area contributed by atoms with Crippen molar-refractivity contribution in [2.24, 2.45) is 0 Å². The summed E-state index contributed by atoms with van der Waals surface area (Å²) >= 11 is 2.29. The topological polar surface area (TPSA) is 150 Å². The van der Waals surface area contributed by atoms with Gasteiger partial charge in [-0.25, -0.2) is 9.59 Å². The van der Waals surface area contributed by atoms with E-state index in [1.165, 1.54) is 11.3 Å². The summed E-state index contributed by atoms with van der Waals surface area (Å²) in [7, 11) is 0. The minimum atomic E-state index is -2.26. The molecule has 2 atom stereocenters. The first kappa shape index (κ1) is 20.9. The lowest BCUT2D eigenvalue weighted by Gasteiger charge is -2.54. The monoisotopic (exact) mass is 440 g/mol. The van der Waals surface area contributed by atoms with Crippen molar-refractivity contribution in [3.05, 3.63) is 33.7 Å². The van der Waals surface area contributed by atoms with Crippen LogP contribution in [0.15, 0.2) is 28.8 Å². The first-order chi connectivity index (χ1) is 13.7. The molecule has 154 valence electrons. The number of rotatable bonds is 7. The summed E-state index contributed by atoms with van der Waals surface area (Å²) in [6, 6.07) is 3.44. The lowest BCUT2D eigenvalue weighted by atomic mass is 9.86. The van der Waals surface area contributed by atoms with E-state index in [9.17, 15) is 34.2 Å². The maximum absolute atomic E-state index is 12.8. The number of hydrogen-bond acceptors (Lipinski definition) is 8. The van der Waals surface area contributed by atoms with E-state index in [1.54, 1.807) is 17.5 Å². The average molecular weight is 440 g/mol. The van der Waals surface area contributed by atoms with Crippen molar-refractivity contribution in [2.45, 2.75) is 24.3 Å². The summed E-state index contributed by atoms with van der Waals surface area (Å²) in [5, 5.41) is 22.2. The Bertz CT molecular complexity index is 926. The van der Waals surface area contributed by atoms with Crippen molar-refractivity contribution in [3.63, 3.8) is 0 Å². The molecule has 1 aromatic rings. The number of carbonyl (C=O) groups excluding carboxylic acids is 3. The zero-order chi connectivity index (χ0) is 21.3. The molecule has 0 unspecified atom stereocenters. The van der Waals surface area contributed by atoms with Gasteiger partial charge in [0, 0.05) is 23.1 Å². The number of nitrogens with one attached hydrogen (secondary N) is 1. The molecule has 0 bridgehead atoms. The lowest BCUT2D eigenvalue weighted by molar-refractivity contribution is -0.172. The van der Waals surface area contributed by atoms with Gasteiger partial charge in [-0.05, 0) is 11.4 Å². The molecule has 1 saturated heterocycles. The lowest BCUT2D eigenvalue weighted by Crippen LogP contribution is -2.83. The molecule has 2 aliphatic heterocycles. The van der Waals surface area contributed by atoms with Gasteiger partial charge < -0.3 is 20.3 Å². The van der Waals surface area contributed by atoms with E-state index in [2.05, 4.69) is 5.32 Å². The molecule has 0 aromatic carbocycles. The van der Waals surface area contributed by atoms with Gasteiger partial charge >= 0.3 is 17.9 Å². The normalized spacial score (nSPS) is 23.1. The van der Waals surface area contributed by atoms with E-state index in [0.29, 0.717) is 4.88 Å². The summed E-state index contributed by atoms with van der Waals surface area (Å²) in [5.74, 6) is -5.32. The number of aliphatic carboxylic acids is 2. The van der Waals surface area contributed by atoms with Gasteiger partial charge in [-0.1, -0.05) is 6.07 Å². The predicted molar refractivity (Wildman–Crippen MR) is 101 cm³/mol. The van der Waals surface area contributed by atoms with Crippen LogP contribution in [0.3, 0.4) is 0 Å². The first-order valence-electron chi connectivity index (χ1n) is 8.29. The van der Waals surface area contributed by atoms with Crippen molar-refractivity contribution < 1.29 is 38.9 Å². The third kappa shape index (κ3) is 3.60. The smallest absolute Gasteiger partial charge is 0.352 e. The molecule has 29 heavy (non-hydrogen) atoms. The van der Waals surface area contributed by atoms with Crippen molar-refractivity contribution in [2.75, 3.05) is 12.4 Å². The molecule has 3 rings (SSSR count). The molecular weight excluding hydrogens is 424 g/mol. The second-order valence-electron chi connectivity index (χ2n) is 6.29. The van der Waals surface area contributed by atoms with E-state index in [4.69, 9.17) is 4.74 Å². The number of carboxylic acids is 2. The van der Waals surface area contributed by atoms with Crippen molar-refractivity contribution in [3.8, 4) is 0 Å². The third-order valence-corrected chi connectivity index (χ3v) is 6.66. The number of carboxylic acid groups (broad SMARTS) is 2. The van der Waals surface area contributed by atoms with Crippen molar-refractivity contribution in [1.29, 1.82) is 0 Å². The minimum Gasteiger partial charge on any atom is -0.479 e. The summed E-state index contributed by atoms with van der Waals surface area (Å²) < 4.78 is 4.83. The second kappa shape index (κ2) is 7.87. The van der Waals surface area contributed by atoms with E-state index in [1.807, 2.05) is 0 Å². The summed E-state index contributed by atoms with van der Waals surface area (Å²) in [6.07, 6.45) is -0.101. The van der Waals surface area contributed by atoms with Crippen LogP contribution in [0.2, 0.25) is 0 Å². The Morgan fingerprint density at radius 1 is 1.34 bits per heavy atom. The highest BCUT2D eigenvalue weighted by atomic mass is 32.2. The summed E-state index contributed by atoms with van der Waals surface area (Å²) in [5.41, 5.74) is -2.51.